The lowest BCUT2D eigenvalue weighted by Crippen LogP contribution is -2.43. The summed E-state index contributed by atoms with van der Waals surface area (Å²) in [5, 5.41) is 20.4. The Kier molecular flexibility index (Phi) is 43.8. The number of thioether (sulfide) groups is 4. The third-order valence-corrected chi connectivity index (χ3v) is 18.5. The van der Waals surface area contributed by atoms with Crippen LogP contribution in [0.5, 0.6) is 0 Å². The van der Waals surface area contributed by atoms with Gasteiger partial charge in [0.15, 0.2) is 0 Å². The van der Waals surface area contributed by atoms with Crippen LogP contribution in [0.1, 0.15) is 44.9 Å². The van der Waals surface area contributed by atoms with Gasteiger partial charge >= 0.3 is 0 Å². The fourth-order valence-electron chi connectivity index (χ4n) is 7.93. The van der Waals surface area contributed by atoms with Crippen LogP contribution in [0.25, 0.3) is 10.4 Å². The van der Waals surface area contributed by atoms with E-state index in [1.807, 2.05) is 47.0 Å². The zero-order chi connectivity index (χ0) is 56.4. The molecule has 4 unspecified atom stereocenters. The summed E-state index contributed by atoms with van der Waals surface area (Å²) in [7, 11) is 0. The Bertz CT molecular complexity index is 1630. The molecule has 1 aliphatic carbocycles. The highest BCUT2D eigenvalue weighted by atomic mass is 32.2. The van der Waals surface area contributed by atoms with Crippen molar-refractivity contribution in [2.75, 3.05) is 228 Å². The maximum atomic E-state index is 13.2. The number of fused-ring (bicyclic) bond motifs is 4. The monoisotopic (exact) mass is 1210 g/mol. The summed E-state index contributed by atoms with van der Waals surface area (Å²) >= 11 is 8.18. The van der Waals surface area contributed by atoms with Crippen LogP contribution in [-0.2, 0) is 80.9 Å². The van der Waals surface area contributed by atoms with Crippen LogP contribution < -0.4 is 10.6 Å². The molecule has 4 rings (SSSR count). The molecule has 0 spiro atoms. The first-order valence-corrected chi connectivity index (χ1v) is 32.3. The number of azide groups is 1. The SMILES string of the molecule is [N-]=[N+]=NCCOCCOCCOCCOCCC(=O)N1CCNC(=O)CCOCCOCCOCCOCCO/N=C2/CSC3CCCCC4SC/C(=N\OCCOCCOCCOCCOCCC(=O)NCC1)CSC4C3SC2. The van der Waals surface area contributed by atoms with E-state index < -0.39 is 0 Å². The van der Waals surface area contributed by atoms with Crippen molar-refractivity contribution in [3.8, 4) is 0 Å². The minimum atomic E-state index is -0.214. The Balaban J connectivity index is 1.13. The minimum absolute atomic E-state index is 0.107. The molecule has 3 aliphatic heterocycles. The van der Waals surface area contributed by atoms with Crippen molar-refractivity contribution in [1.29, 1.82) is 0 Å². The topological polar surface area (TPSA) is 281 Å². The Labute approximate surface area is 489 Å². The van der Waals surface area contributed by atoms with Crippen molar-refractivity contribution in [3.63, 3.8) is 0 Å². The summed E-state index contributed by atoms with van der Waals surface area (Å²) in [6.07, 6.45) is 5.39. The van der Waals surface area contributed by atoms with Crippen LogP contribution in [-0.4, -0.2) is 283 Å². The van der Waals surface area contributed by atoms with Gasteiger partial charge in [-0.1, -0.05) is 28.3 Å². The lowest BCUT2D eigenvalue weighted by molar-refractivity contribution is -0.133. The molecule has 4 atom stereocenters. The van der Waals surface area contributed by atoms with Gasteiger partial charge in [-0.3, -0.25) is 14.4 Å². The number of hydrogen-bond donors (Lipinski definition) is 2. The van der Waals surface area contributed by atoms with E-state index in [0.29, 0.717) is 173 Å². The molecule has 0 aromatic heterocycles. The predicted molar refractivity (Wildman–Crippen MR) is 311 cm³/mol. The molecule has 0 aromatic rings. The van der Waals surface area contributed by atoms with Crippen LogP contribution in [0, 0.1) is 0 Å². The summed E-state index contributed by atoms with van der Waals surface area (Å²) in [4.78, 5) is 54.1. The van der Waals surface area contributed by atoms with Crippen LogP contribution in [0.4, 0.5) is 0 Å². The van der Waals surface area contributed by atoms with Gasteiger partial charge in [-0.2, -0.15) is 23.5 Å². The van der Waals surface area contributed by atoms with E-state index in [-0.39, 0.29) is 89.5 Å². The van der Waals surface area contributed by atoms with Gasteiger partial charge in [-0.05, 0) is 18.4 Å². The van der Waals surface area contributed by atoms with E-state index in [2.05, 4.69) is 31.0 Å². The number of ether oxygens (including phenoxy) is 12. The van der Waals surface area contributed by atoms with E-state index in [4.69, 9.17) is 72.0 Å². The first-order chi connectivity index (χ1) is 39.5. The molecule has 2 N–H and O–H groups in total. The maximum Gasteiger partial charge on any atom is 0.225 e. The molecule has 29 heteroatoms. The second-order valence-electron chi connectivity index (χ2n) is 18.1. The van der Waals surface area contributed by atoms with E-state index >= 15 is 0 Å². The fraction of sp³-hybridized carbons (Fsp3) is 0.902. The van der Waals surface area contributed by atoms with Gasteiger partial charge in [0, 0.05) is 94.5 Å². The molecular formula is C51H90N8O17S4. The van der Waals surface area contributed by atoms with E-state index in [0.717, 1.165) is 34.4 Å². The van der Waals surface area contributed by atoms with E-state index in [1.54, 1.807) is 4.90 Å². The van der Waals surface area contributed by atoms with Crippen molar-refractivity contribution in [1.82, 2.24) is 15.5 Å². The maximum absolute atomic E-state index is 13.2. The number of carbonyl (C=O) groups is 3. The molecule has 1 saturated carbocycles. The molecular weight excluding hydrogens is 1120 g/mol. The van der Waals surface area contributed by atoms with Gasteiger partial charge in [0.2, 0.25) is 17.7 Å². The van der Waals surface area contributed by atoms with Crippen molar-refractivity contribution < 1.29 is 80.9 Å². The summed E-state index contributed by atoms with van der Waals surface area (Å²) in [5.41, 5.74) is 10.5. The van der Waals surface area contributed by atoms with Crippen LogP contribution in [0.3, 0.4) is 0 Å². The van der Waals surface area contributed by atoms with Gasteiger partial charge in [-0.25, -0.2) is 0 Å². The van der Waals surface area contributed by atoms with E-state index in [9.17, 15) is 14.4 Å². The summed E-state index contributed by atoms with van der Waals surface area (Å²) in [5.74, 6) is 2.90. The van der Waals surface area contributed by atoms with Crippen LogP contribution >= 0.6 is 47.0 Å². The Morgan fingerprint density at radius 1 is 0.525 bits per heavy atom. The molecule has 460 valence electrons. The minimum Gasteiger partial charge on any atom is -0.393 e. The molecule has 0 radical (unpaired) electrons. The number of nitrogens with one attached hydrogen (secondary N) is 2. The summed E-state index contributed by atoms with van der Waals surface area (Å²) in [6.45, 7) is 10.7. The lowest BCUT2D eigenvalue weighted by atomic mass is 9.99. The first kappa shape index (κ1) is 70.1. The van der Waals surface area contributed by atoms with Gasteiger partial charge < -0.3 is 82.1 Å². The first-order valence-electron chi connectivity index (χ1n) is 28.1. The smallest absolute Gasteiger partial charge is 0.225 e. The second kappa shape index (κ2) is 50.0. The van der Waals surface area contributed by atoms with Crippen LogP contribution in [0.2, 0.25) is 0 Å². The molecule has 25 nitrogen and oxygen atoms in total. The molecule has 3 fully saturated rings. The fourth-order valence-corrected chi connectivity index (χ4v) is 14.8. The summed E-state index contributed by atoms with van der Waals surface area (Å²) in [6, 6.07) is 0. The predicted octanol–water partition coefficient (Wildman–Crippen LogP) is 3.49. The third-order valence-electron chi connectivity index (χ3n) is 12.0. The Hall–Kier alpha value is -2.42. The highest BCUT2D eigenvalue weighted by Crippen LogP contribution is 2.46. The molecule has 3 amide bonds. The number of amides is 3. The zero-order valence-electron chi connectivity index (χ0n) is 46.8. The number of hydrogen-bond acceptors (Lipinski definition) is 24. The van der Waals surface area contributed by atoms with Crippen molar-refractivity contribution in [2.45, 2.75) is 65.9 Å². The number of oxime groups is 2. The average molecular weight is 1220 g/mol. The summed E-state index contributed by atoms with van der Waals surface area (Å²) < 4.78 is 66.9. The molecule has 80 heavy (non-hydrogen) atoms. The largest absolute Gasteiger partial charge is 0.393 e. The van der Waals surface area contributed by atoms with E-state index in [1.165, 1.54) is 25.7 Å². The van der Waals surface area contributed by atoms with Gasteiger partial charge in [0.25, 0.3) is 0 Å². The standard InChI is InChI=1S/C51H90N8O17S4/c52-58-55-10-16-66-20-24-70-28-25-69-23-19-65-15-7-49(62)59-11-8-53-47(60)5-13-63-17-21-67-26-29-71-31-33-73-35-37-75-56-43-39-77-45-3-1-2-4-46-51(50(45)79-41-43)80-42-44(40-78-46)57-76-38-36-74-34-32-72-30-27-68-22-18-64-14-6-48(61)54-9-12-59/h45-46,50-51H,1-42H2,(H,53,60)(H,54,61)/b56-43-,57-44+. The lowest BCUT2D eigenvalue weighted by Gasteiger charge is -2.37. The molecule has 3 heterocycles. The number of nitrogens with zero attached hydrogens (tertiary/aromatic N) is 6. The molecule has 4 aliphatic rings. The molecule has 2 saturated heterocycles. The Morgan fingerprint density at radius 3 is 1.30 bits per heavy atom. The number of rotatable bonds is 15. The Morgan fingerprint density at radius 2 is 0.887 bits per heavy atom. The van der Waals surface area contributed by atoms with Gasteiger partial charge in [0.1, 0.15) is 13.2 Å². The van der Waals surface area contributed by atoms with Gasteiger partial charge in [0.05, 0.1) is 176 Å². The van der Waals surface area contributed by atoms with Crippen molar-refractivity contribution in [2.24, 2.45) is 15.4 Å². The highest BCUT2D eigenvalue weighted by molar-refractivity contribution is 8.08. The van der Waals surface area contributed by atoms with Crippen molar-refractivity contribution >= 4 is 76.2 Å². The number of carbonyl (C=O) groups excluding carboxylic acids is 3. The normalized spacial score (nSPS) is 25.9. The second-order valence-corrected chi connectivity index (χ2v) is 22.9. The molecule has 0 aromatic carbocycles. The zero-order valence-corrected chi connectivity index (χ0v) is 50.0. The quantitative estimate of drug-likeness (QED) is 0.103. The van der Waals surface area contributed by atoms with Crippen molar-refractivity contribution in [3.05, 3.63) is 10.4 Å². The van der Waals surface area contributed by atoms with Crippen LogP contribution in [0.15, 0.2) is 15.4 Å². The third kappa shape index (κ3) is 36.3. The molecule has 4 bridgehead atoms. The van der Waals surface area contributed by atoms with Gasteiger partial charge in [-0.15, -0.1) is 23.5 Å². The average Bonchev–Trinajstić information content (AvgIpc) is 3.78. The highest BCUT2D eigenvalue weighted by Gasteiger charge is 2.40.